The minimum atomic E-state index is -0.158. The van der Waals surface area contributed by atoms with Crippen LogP contribution in [0.2, 0.25) is 5.02 Å². The highest BCUT2D eigenvalue weighted by Crippen LogP contribution is 2.14. The summed E-state index contributed by atoms with van der Waals surface area (Å²) in [5.74, 6) is -0.158. The van der Waals surface area contributed by atoms with Gasteiger partial charge in [0.15, 0.2) is 0 Å². The fraction of sp³-hybridized carbons (Fsp3) is 0.125. The molecule has 0 bridgehead atoms. The normalized spacial score (nSPS) is 10.8. The first-order valence-electron chi connectivity index (χ1n) is 6.38. The number of amides is 1. The number of nitrogens with zero attached hydrogens (tertiary/aromatic N) is 1. The molecule has 1 amide bonds. The minimum Gasteiger partial charge on any atom is -0.273 e. The Morgan fingerprint density at radius 3 is 2.48 bits per heavy atom. The molecule has 5 heteroatoms. The van der Waals surface area contributed by atoms with E-state index in [1.165, 1.54) is 4.90 Å². The maximum absolute atomic E-state index is 11.7. The molecule has 0 unspecified atom stereocenters. The highest BCUT2D eigenvalue weighted by molar-refractivity contribution is 7.98. The number of nitrogens with one attached hydrogen (secondary N) is 1. The second-order valence-corrected chi connectivity index (χ2v) is 5.69. The average molecular weight is 319 g/mol. The van der Waals surface area contributed by atoms with Crippen molar-refractivity contribution in [3.8, 4) is 0 Å². The Morgan fingerprint density at radius 1 is 1.19 bits per heavy atom. The predicted molar refractivity (Wildman–Crippen MR) is 89.1 cm³/mol. The van der Waals surface area contributed by atoms with Crippen molar-refractivity contribution in [3.05, 3.63) is 64.7 Å². The van der Waals surface area contributed by atoms with E-state index >= 15 is 0 Å². The Balaban J connectivity index is 1.85. The summed E-state index contributed by atoms with van der Waals surface area (Å²) in [6.07, 6.45) is 3.93. The lowest BCUT2D eigenvalue weighted by atomic mass is 10.1. The van der Waals surface area contributed by atoms with E-state index in [0.717, 1.165) is 11.1 Å². The molecule has 0 heterocycles. The molecule has 0 aliphatic heterocycles. The first-order chi connectivity index (χ1) is 10.2. The number of benzene rings is 2. The molecular formula is C16H15ClN2OS. The third-order valence-corrected chi connectivity index (χ3v) is 3.79. The highest BCUT2D eigenvalue weighted by atomic mass is 35.5. The maximum Gasteiger partial charge on any atom is 0.244 e. The van der Waals surface area contributed by atoms with Gasteiger partial charge in [0, 0.05) is 9.92 Å². The van der Waals surface area contributed by atoms with Gasteiger partial charge in [-0.2, -0.15) is 5.10 Å². The third-order valence-electron chi connectivity index (χ3n) is 2.80. The predicted octanol–water partition coefficient (Wildman–Crippen LogP) is 3.75. The SMILES string of the molecule is CSc1ccc(/C=N\NC(=O)Cc2ccc(Cl)cc2)cc1. The van der Waals surface area contributed by atoms with E-state index in [2.05, 4.69) is 10.5 Å². The van der Waals surface area contributed by atoms with Crippen molar-refractivity contribution in [3.63, 3.8) is 0 Å². The molecular weight excluding hydrogens is 304 g/mol. The number of rotatable bonds is 5. The van der Waals surface area contributed by atoms with Crippen LogP contribution in [0.5, 0.6) is 0 Å². The summed E-state index contributed by atoms with van der Waals surface area (Å²) in [6, 6.07) is 15.1. The van der Waals surface area contributed by atoms with Gasteiger partial charge in [-0.05, 0) is 41.6 Å². The average Bonchev–Trinajstić information content (AvgIpc) is 2.50. The number of hydrogen-bond donors (Lipinski definition) is 1. The molecule has 0 radical (unpaired) electrons. The second kappa shape index (κ2) is 7.86. The lowest BCUT2D eigenvalue weighted by Crippen LogP contribution is -2.19. The van der Waals surface area contributed by atoms with Crippen molar-refractivity contribution in [1.29, 1.82) is 0 Å². The zero-order valence-electron chi connectivity index (χ0n) is 11.5. The first-order valence-corrected chi connectivity index (χ1v) is 7.98. The number of halogens is 1. The molecule has 0 fully saturated rings. The molecule has 1 N–H and O–H groups in total. The monoisotopic (exact) mass is 318 g/mol. The molecule has 2 rings (SSSR count). The molecule has 0 spiro atoms. The molecule has 0 aliphatic rings. The van der Waals surface area contributed by atoms with Crippen molar-refractivity contribution in [2.24, 2.45) is 5.10 Å². The Hall–Kier alpha value is -1.78. The van der Waals surface area contributed by atoms with Gasteiger partial charge in [-0.3, -0.25) is 4.79 Å². The van der Waals surface area contributed by atoms with Gasteiger partial charge in [0.1, 0.15) is 0 Å². The first kappa shape index (κ1) is 15.6. The van der Waals surface area contributed by atoms with Crippen LogP contribution in [-0.4, -0.2) is 18.4 Å². The Labute approximate surface area is 133 Å². The van der Waals surface area contributed by atoms with Gasteiger partial charge in [0.25, 0.3) is 0 Å². The lowest BCUT2D eigenvalue weighted by Gasteiger charge is -2.01. The fourth-order valence-corrected chi connectivity index (χ4v) is 2.23. The molecule has 3 nitrogen and oxygen atoms in total. The summed E-state index contributed by atoms with van der Waals surface area (Å²) >= 11 is 7.48. The van der Waals surface area contributed by atoms with E-state index in [1.54, 1.807) is 30.1 Å². The van der Waals surface area contributed by atoms with Crippen molar-refractivity contribution in [2.45, 2.75) is 11.3 Å². The van der Waals surface area contributed by atoms with Gasteiger partial charge in [-0.1, -0.05) is 35.9 Å². The Bertz CT molecular complexity index is 624. The fourth-order valence-electron chi connectivity index (χ4n) is 1.70. The standard InChI is InChI=1S/C16H15ClN2OS/c1-21-15-8-4-13(5-9-15)11-18-19-16(20)10-12-2-6-14(17)7-3-12/h2-9,11H,10H2,1H3,(H,19,20)/b18-11-. The van der Waals surface area contributed by atoms with Gasteiger partial charge < -0.3 is 0 Å². The summed E-state index contributed by atoms with van der Waals surface area (Å²) in [7, 11) is 0. The molecule has 0 atom stereocenters. The molecule has 0 aliphatic carbocycles. The summed E-state index contributed by atoms with van der Waals surface area (Å²) in [4.78, 5) is 12.9. The molecule has 21 heavy (non-hydrogen) atoms. The zero-order chi connectivity index (χ0) is 15.1. The highest BCUT2D eigenvalue weighted by Gasteiger charge is 2.01. The molecule has 108 valence electrons. The van der Waals surface area contributed by atoms with Crippen LogP contribution in [-0.2, 0) is 11.2 Å². The maximum atomic E-state index is 11.7. The minimum absolute atomic E-state index is 0.158. The van der Waals surface area contributed by atoms with E-state index in [1.807, 2.05) is 42.7 Å². The van der Waals surface area contributed by atoms with Gasteiger partial charge in [-0.25, -0.2) is 5.43 Å². The van der Waals surface area contributed by atoms with Gasteiger partial charge in [0.05, 0.1) is 12.6 Å². The van der Waals surface area contributed by atoms with Crippen LogP contribution in [0.15, 0.2) is 58.5 Å². The lowest BCUT2D eigenvalue weighted by molar-refractivity contribution is -0.120. The molecule has 0 saturated carbocycles. The van der Waals surface area contributed by atoms with E-state index in [9.17, 15) is 4.79 Å². The van der Waals surface area contributed by atoms with Crippen molar-refractivity contribution >= 4 is 35.5 Å². The number of hydrogen-bond acceptors (Lipinski definition) is 3. The zero-order valence-corrected chi connectivity index (χ0v) is 13.1. The van der Waals surface area contributed by atoms with Crippen LogP contribution in [0, 0.1) is 0 Å². The number of thioether (sulfide) groups is 1. The molecule has 0 saturated heterocycles. The van der Waals surface area contributed by atoms with Crippen LogP contribution in [0.1, 0.15) is 11.1 Å². The van der Waals surface area contributed by atoms with Crippen LogP contribution in [0.25, 0.3) is 0 Å². The number of hydrazone groups is 1. The van der Waals surface area contributed by atoms with E-state index in [0.29, 0.717) is 5.02 Å². The summed E-state index contributed by atoms with van der Waals surface area (Å²) in [5.41, 5.74) is 4.36. The van der Waals surface area contributed by atoms with Crippen LogP contribution in [0.3, 0.4) is 0 Å². The second-order valence-electron chi connectivity index (χ2n) is 4.37. The van der Waals surface area contributed by atoms with E-state index in [-0.39, 0.29) is 12.3 Å². The van der Waals surface area contributed by atoms with Gasteiger partial charge in [-0.15, -0.1) is 11.8 Å². The largest absolute Gasteiger partial charge is 0.273 e. The van der Waals surface area contributed by atoms with Crippen LogP contribution < -0.4 is 5.43 Å². The smallest absolute Gasteiger partial charge is 0.244 e. The van der Waals surface area contributed by atoms with Crippen LogP contribution in [0.4, 0.5) is 0 Å². The third kappa shape index (κ3) is 5.25. The van der Waals surface area contributed by atoms with Crippen molar-refractivity contribution in [1.82, 2.24) is 5.43 Å². The summed E-state index contributed by atoms with van der Waals surface area (Å²) < 4.78 is 0. The van der Waals surface area contributed by atoms with Gasteiger partial charge >= 0.3 is 0 Å². The summed E-state index contributed by atoms with van der Waals surface area (Å²) in [5, 5.41) is 4.61. The molecule has 2 aromatic rings. The van der Waals surface area contributed by atoms with E-state index in [4.69, 9.17) is 11.6 Å². The van der Waals surface area contributed by atoms with Crippen molar-refractivity contribution < 1.29 is 4.79 Å². The van der Waals surface area contributed by atoms with E-state index < -0.39 is 0 Å². The number of carbonyl (C=O) groups excluding carboxylic acids is 1. The van der Waals surface area contributed by atoms with Crippen LogP contribution >= 0.6 is 23.4 Å². The molecule has 2 aromatic carbocycles. The summed E-state index contributed by atoms with van der Waals surface area (Å²) in [6.45, 7) is 0. The Kier molecular flexibility index (Phi) is 5.84. The Morgan fingerprint density at radius 2 is 1.86 bits per heavy atom. The van der Waals surface area contributed by atoms with Gasteiger partial charge in [0.2, 0.25) is 5.91 Å². The molecule has 0 aromatic heterocycles. The van der Waals surface area contributed by atoms with Crippen molar-refractivity contribution in [2.75, 3.05) is 6.26 Å². The topological polar surface area (TPSA) is 41.5 Å². The quantitative estimate of drug-likeness (QED) is 0.518. The number of carbonyl (C=O) groups is 1.